The largest absolute Gasteiger partial charge is 0.483 e. The monoisotopic (exact) mass is 419 g/mol. The minimum atomic E-state index is -0.250. The zero-order valence-electron chi connectivity index (χ0n) is 17.8. The highest BCUT2D eigenvalue weighted by molar-refractivity contribution is 5.82. The van der Waals surface area contributed by atoms with Crippen molar-refractivity contribution in [1.29, 1.82) is 0 Å². The molecule has 0 bridgehead atoms. The van der Waals surface area contributed by atoms with E-state index in [1.807, 2.05) is 0 Å². The first-order chi connectivity index (χ1) is 13.9. The number of likely N-dealkylation sites (tertiary alicyclic amines) is 2. The number of nitrogens with one attached hydrogen (secondary N) is 1. The van der Waals surface area contributed by atoms with E-state index in [9.17, 15) is 9.18 Å². The van der Waals surface area contributed by atoms with Crippen LogP contribution in [0, 0.1) is 11.3 Å². The maximum absolute atomic E-state index is 12.4. The van der Waals surface area contributed by atoms with E-state index in [4.69, 9.17) is 19.8 Å². The summed E-state index contributed by atoms with van der Waals surface area (Å²) in [5.41, 5.74) is -0.203. The van der Waals surface area contributed by atoms with Gasteiger partial charge in [0.15, 0.2) is 0 Å². The van der Waals surface area contributed by atoms with Crippen LogP contribution in [-0.4, -0.2) is 91.9 Å². The smallest absolute Gasteiger partial charge is 0.290 e. The molecule has 0 saturated carbocycles. The lowest BCUT2D eigenvalue weighted by Gasteiger charge is -2.32. The van der Waals surface area contributed by atoms with Gasteiger partial charge in [0.1, 0.15) is 0 Å². The van der Waals surface area contributed by atoms with Crippen molar-refractivity contribution in [3.8, 4) is 0 Å². The van der Waals surface area contributed by atoms with Gasteiger partial charge in [-0.1, -0.05) is 0 Å². The second-order valence-corrected chi connectivity index (χ2v) is 8.00. The summed E-state index contributed by atoms with van der Waals surface area (Å²) in [4.78, 5) is 33.9. The number of hydrogen-bond donors (Lipinski definition) is 3. The van der Waals surface area contributed by atoms with Gasteiger partial charge >= 0.3 is 0 Å². The quantitative estimate of drug-likeness (QED) is 0.406. The van der Waals surface area contributed by atoms with Gasteiger partial charge in [-0.25, -0.2) is 0 Å². The molecule has 0 aromatic rings. The highest BCUT2D eigenvalue weighted by Gasteiger charge is 2.39. The summed E-state index contributed by atoms with van der Waals surface area (Å²) in [5, 5.41) is 17.0. The van der Waals surface area contributed by atoms with Crippen molar-refractivity contribution in [2.75, 3.05) is 53.0 Å². The standard InChI is InChI=1S/C18H34FN3O.2CH2O2/c1-18(8-13-21(2)15-18)17(23)20-14-16-6-11-22(12-7-16)10-5-3-4-9-19;2*2-1-3/h16H,3-15H2,1-2H3,(H,20,23);2*1H,(H,2,3). The zero-order chi connectivity index (χ0) is 22.1. The molecular weight excluding hydrogens is 381 g/mol. The van der Waals surface area contributed by atoms with Crippen LogP contribution in [0.4, 0.5) is 4.39 Å². The summed E-state index contributed by atoms with van der Waals surface area (Å²) >= 11 is 0. The maximum Gasteiger partial charge on any atom is 0.290 e. The van der Waals surface area contributed by atoms with Crippen LogP contribution in [0.1, 0.15) is 45.4 Å². The molecule has 1 amide bonds. The predicted molar refractivity (Wildman–Crippen MR) is 110 cm³/mol. The fraction of sp³-hybridized carbons (Fsp3) is 0.850. The molecule has 3 N–H and O–H groups in total. The first kappa shape index (κ1) is 27.3. The van der Waals surface area contributed by atoms with Crippen LogP contribution in [0.5, 0.6) is 0 Å². The SMILES string of the molecule is CN1CCC(C)(C(=O)NCC2CCN(CCCCCF)CC2)C1.O=CO.O=CO. The van der Waals surface area contributed by atoms with Crippen molar-refractivity contribution in [2.24, 2.45) is 11.3 Å². The molecule has 9 heteroatoms. The molecule has 2 fully saturated rings. The molecule has 2 saturated heterocycles. The van der Waals surface area contributed by atoms with Gasteiger partial charge in [-0.3, -0.25) is 18.8 Å². The molecule has 2 heterocycles. The lowest BCUT2D eigenvalue weighted by molar-refractivity contribution is -0.130. The molecule has 0 aromatic heterocycles. The Bertz CT molecular complexity index is 455. The Morgan fingerprint density at radius 3 is 2.21 bits per heavy atom. The summed E-state index contributed by atoms with van der Waals surface area (Å²) in [6.45, 7) is 7.47. The molecule has 0 aliphatic carbocycles. The van der Waals surface area contributed by atoms with Gasteiger partial charge in [-0.2, -0.15) is 0 Å². The van der Waals surface area contributed by atoms with Crippen LogP contribution in [0.15, 0.2) is 0 Å². The van der Waals surface area contributed by atoms with Crippen LogP contribution in [-0.2, 0) is 14.4 Å². The van der Waals surface area contributed by atoms with Crippen LogP contribution < -0.4 is 5.32 Å². The summed E-state index contributed by atoms with van der Waals surface area (Å²) in [6.07, 6.45) is 6.11. The van der Waals surface area contributed by atoms with Gasteiger partial charge in [0.2, 0.25) is 5.91 Å². The van der Waals surface area contributed by atoms with Gasteiger partial charge in [-0.15, -0.1) is 0 Å². The molecular formula is C20H38FN3O5. The average Bonchev–Trinajstić information content (AvgIpc) is 3.05. The van der Waals surface area contributed by atoms with E-state index >= 15 is 0 Å². The number of amides is 1. The first-order valence-corrected chi connectivity index (χ1v) is 10.3. The number of unbranched alkanes of at least 4 members (excludes halogenated alkanes) is 2. The Hall–Kier alpha value is -1.74. The number of carbonyl (C=O) groups excluding carboxylic acids is 1. The number of carboxylic acid groups (broad SMARTS) is 2. The Kier molecular flexibility index (Phi) is 15.1. The lowest BCUT2D eigenvalue weighted by Crippen LogP contribution is -2.44. The minimum Gasteiger partial charge on any atom is -0.483 e. The Balaban J connectivity index is 0.00000116. The number of carbonyl (C=O) groups is 3. The van der Waals surface area contributed by atoms with Gasteiger partial charge in [0.25, 0.3) is 12.9 Å². The van der Waals surface area contributed by atoms with Crippen molar-refractivity contribution in [3.05, 3.63) is 0 Å². The summed E-state index contributed by atoms with van der Waals surface area (Å²) in [5.74, 6) is 0.847. The topological polar surface area (TPSA) is 110 Å². The number of nitrogens with zero attached hydrogens (tertiary/aromatic N) is 2. The number of piperidine rings is 1. The Morgan fingerprint density at radius 2 is 1.72 bits per heavy atom. The van der Waals surface area contributed by atoms with Crippen LogP contribution >= 0.6 is 0 Å². The normalized spacial score (nSPS) is 22.6. The first-order valence-electron chi connectivity index (χ1n) is 10.3. The van der Waals surface area contributed by atoms with E-state index in [2.05, 4.69) is 29.1 Å². The van der Waals surface area contributed by atoms with E-state index in [1.54, 1.807) is 0 Å². The summed E-state index contributed by atoms with van der Waals surface area (Å²) in [6, 6.07) is 0. The van der Waals surface area contributed by atoms with Gasteiger partial charge < -0.3 is 25.3 Å². The van der Waals surface area contributed by atoms with Crippen molar-refractivity contribution in [2.45, 2.75) is 45.4 Å². The average molecular weight is 420 g/mol. The van der Waals surface area contributed by atoms with E-state index in [0.717, 1.165) is 58.5 Å². The van der Waals surface area contributed by atoms with Gasteiger partial charge in [-0.05, 0) is 84.6 Å². The fourth-order valence-electron chi connectivity index (χ4n) is 3.85. The molecule has 1 unspecified atom stereocenters. The number of alkyl halides is 1. The van der Waals surface area contributed by atoms with Crippen molar-refractivity contribution >= 4 is 18.9 Å². The molecule has 170 valence electrons. The third-order valence-electron chi connectivity index (χ3n) is 5.58. The molecule has 29 heavy (non-hydrogen) atoms. The molecule has 8 nitrogen and oxygen atoms in total. The maximum atomic E-state index is 12.4. The van der Waals surface area contributed by atoms with Crippen molar-refractivity contribution < 1.29 is 29.0 Å². The van der Waals surface area contributed by atoms with Crippen molar-refractivity contribution in [3.63, 3.8) is 0 Å². The zero-order valence-corrected chi connectivity index (χ0v) is 17.8. The summed E-state index contributed by atoms with van der Waals surface area (Å²) in [7, 11) is 2.09. The van der Waals surface area contributed by atoms with E-state index in [-0.39, 0.29) is 30.9 Å². The molecule has 0 radical (unpaired) electrons. The van der Waals surface area contributed by atoms with Gasteiger partial charge in [0, 0.05) is 13.1 Å². The number of hydrogen-bond acceptors (Lipinski definition) is 5. The molecule has 1 atom stereocenters. The third-order valence-corrected chi connectivity index (χ3v) is 5.58. The predicted octanol–water partition coefficient (Wildman–Crippen LogP) is 1.70. The second kappa shape index (κ2) is 16.1. The highest BCUT2D eigenvalue weighted by atomic mass is 19.1. The Morgan fingerprint density at radius 1 is 1.14 bits per heavy atom. The van der Waals surface area contributed by atoms with Crippen molar-refractivity contribution in [1.82, 2.24) is 15.1 Å². The molecule has 0 aromatic carbocycles. The van der Waals surface area contributed by atoms with E-state index < -0.39 is 0 Å². The number of rotatable bonds is 8. The van der Waals surface area contributed by atoms with Gasteiger partial charge in [0.05, 0.1) is 12.1 Å². The molecule has 2 rings (SSSR count). The highest BCUT2D eigenvalue weighted by Crippen LogP contribution is 2.29. The van der Waals surface area contributed by atoms with E-state index in [0.29, 0.717) is 12.3 Å². The Labute approximate surface area is 173 Å². The lowest BCUT2D eigenvalue weighted by atomic mass is 9.88. The fourth-order valence-corrected chi connectivity index (χ4v) is 3.85. The van der Waals surface area contributed by atoms with Crippen LogP contribution in [0.2, 0.25) is 0 Å². The van der Waals surface area contributed by atoms with Crippen LogP contribution in [0.3, 0.4) is 0 Å². The third kappa shape index (κ3) is 11.8. The van der Waals surface area contributed by atoms with E-state index in [1.165, 1.54) is 12.8 Å². The van der Waals surface area contributed by atoms with Crippen LogP contribution in [0.25, 0.3) is 0 Å². The molecule has 2 aliphatic rings. The minimum absolute atomic E-state index is 0.184. The number of halogens is 1. The second-order valence-electron chi connectivity index (χ2n) is 8.00. The summed E-state index contributed by atoms with van der Waals surface area (Å²) < 4.78 is 12.1. The molecule has 0 spiro atoms. The molecule has 2 aliphatic heterocycles.